The Morgan fingerprint density at radius 1 is 1.25 bits per heavy atom. The van der Waals surface area contributed by atoms with Crippen molar-refractivity contribution in [2.45, 2.75) is 57.1 Å². The molecule has 1 aliphatic rings. The molecule has 0 amide bonds. The summed E-state index contributed by atoms with van der Waals surface area (Å²) in [6.45, 7) is 6.97. The molecule has 24 heavy (non-hydrogen) atoms. The third-order valence-corrected chi connectivity index (χ3v) is 5.56. The van der Waals surface area contributed by atoms with Crippen molar-refractivity contribution in [3.05, 3.63) is 35.4 Å². The summed E-state index contributed by atoms with van der Waals surface area (Å²) < 4.78 is 5.41. The van der Waals surface area contributed by atoms with E-state index in [-0.39, 0.29) is 0 Å². The molecule has 1 unspecified atom stereocenters. The first-order valence-corrected chi connectivity index (χ1v) is 10.3. The standard InChI is InChI=1S/C20H28N2OS/c1-4-11-22(12-5-2)16-10-9-15-7-6-8-17(18(15)13-16)19-14-20(24-3)23-21-19/h6-8,14,16H,4-5,9-13H2,1-3H3. The fourth-order valence-corrected chi connectivity index (χ4v) is 4.20. The van der Waals surface area contributed by atoms with E-state index in [2.05, 4.69) is 48.2 Å². The zero-order valence-electron chi connectivity index (χ0n) is 15.0. The summed E-state index contributed by atoms with van der Waals surface area (Å²) >= 11 is 1.60. The van der Waals surface area contributed by atoms with Gasteiger partial charge in [-0.3, -0.25) is 0 Å². The molecule has 2 aromatic rings. The van der Waals surface area contributed by atoms with Gasteiger partial charge in [-0.1, -0.05) is 49.0 Å². The summed E-state index contributed by atoms with van der Waals surface area (Å²) in [5, 5.41) is 5.18. The van der Waals surface area contributed by atoms with Crippen LogP contribution >= 0.6 is 11.8 Å². The Morgan fingerprint density at radius 3 is 2.71 bits per heavy atom. The van der Waals surface area contributed by atoms with Gasteiger partial charge in [-0.2, -0.15) is 0 Å². The normalized spacial score (nSPS) is 17.2. The van der Waals surface area contributed by atoms with Gasteiger partial charge in [0.05, 0.1) is 0 Å². The van der Waals surface area contributed by atoms with Crippen molar-refractivity contribution in [1.29, 1.82) is 0 Å². The van der Waals surface area contributed by atoms with E-state index in [0.29, 0.717) is 6.04 Å². The summed E-state index contributed by atoms with van der Waals surface area (Å²) in [7, 11) is 0. The Morgan fingerprint density at radius 2 is 2.04 bits per heavy atom. The van der Waals surface area contributed by atoms with E-state index in [4.69, 9.17) is 4.52 Å². The predicted molar refractivity (Wildman–Crippen MR) is 102 cm³/mol. The van der Waals surface area contributed by atoms with Crippen LogP contribution in [0.3, 0.4) is 0 Å². The van der Waals surface area contributed by atoms with Crippen molar-refractivity contribution in [3.63, 3.8) is 0 Å². The molecule has 0 aliphatic heterocycles. The van der Waals surface area contributed by atoms with Crippen molar-refractivity contribution in [1.82, 2.24) is 10.1 Å². The van der Waals surface area contributed by atoms with Crippen molar-refractivity contribution in [2.24, 2.45) is 0 Å². The lowest BCUT2D eigenvalue weighted by Gasteiger charge is -2.35. The number of aryl methyl sites for hydroxylation is 1. The van der Waals surface area contributed by atoms with Crippen molar-refractivity contribution in [3.8, 4) is 11.3 Å². The highest BCUT2D eigenvalue weighted by atomic mass is 32.2. The molecule has 1 aromatic carbocycles. The first kappa shape index (κ1) is 17.6. The Bertz CT molecular complexity index is 661. The van der Waals surface area contributed by atoms with E-state index in [9.17, 15) is 0 Å². The van der Waals surface area contributed by atoms with Crippen molar-refractivity contribution in [2.75, 3.05) is 19.3 Å². The average Bonchev–Trinajstić information content (AvgIpc) is 3.09. The van der Waals surface area contributed by atoms with E-state index < -0.39 is 0 Å². The minimum absolute atomic E-state index is 0.658. The number of hydrogen-bond donors (Lipinski definition) is 0. The number of nitrogens with zero attached hydrogens (tertiary/aromatic N) is 2. The van der Waals surface area contributed by atoms with Crippen LogP contribution in [0.5, 0.6) is 0 Å². The van der Waals surface area contributed by atoms with Crippen LogP contribution in [0.4, 0.5) is 0 Å². The molecule has 0 saturated carbocycles. The monoisotopic (exact) mass is 344 g/mol. The lowest BCUT2D eigenvalue weighted by atomic mass is 9.84. The van der Waals surface area contributed by atoms with Crippen LogP contribution < -0.4 is 0 Å². The fraction of sp³-hybridized carbons (Fsp3) is 0.550. The molecule has 1 aliphatic carbocycles. The number of rotatable bonds is 7. The quantitative estimate of drug-likeness (QED) is 0.658. The molecule has 3 nitrogen and oxygen atoms in total. The smallest absolute Gasteiger partial charge is 0.193 e. The minimum atomic E-state index is 0.658. The molecule has 0 saturated heterocycles. The van der Waals surface area contributed by atoms with E-state index in [1.54, 1.807) is 11.8 Å². The number of benzene rings is 1. The van der Waals surface area contributed by atoms with Gasteiger partial charge in [0.15, 0.2) is 5.09 Å². The zero-order chi connectivity index (χ0) is 16.9. The van der Waals surface area contributed by atoms with Crippen LogP contribution in [0.15, 0.2) is 33.9 Å². The van der Waals surface area contributed by atoms with Crippen molar-refractivity contribution < 1.29 is 4.52 Å². The van der Waals surface area contributed by atoms with Gasteiger partial charge >= 0.3 is 0 Å². The van der Waals surface area contributed by atoms with Gasteiger partial charge in [-0.15, -0.1) is 0 Å². The topological polar surface area (TPSA) is 29.3 Å². The van der Waals surface area contributed by atoms with Crippen LogP contribution in [0.1, 0.15) is 44.2 Å². The first-order valence-electron chi connectivity index (χ1n) is 9.12. The number of aromatic nitrogens is 1. The highest BCUT2D eigenvalue weighted by Gasteiger charge is 2.26. The average molecular weight is 345 g/mol. The maximum atomic E-state index is 5.41. The van der Waals surface area contributed by atoms with Gasteiger partial charge in [-0.25, -0.2) is 0 Å². The van der Waals surface area contributed by atoms with Gasteiger partial charge in [0.1, 0.15) is 5.69 Å². The molecule has 0 radical (unpaired) electrons. The Labute approximate surface area is 149 Å². The van der Waals surface area contributed by atoms with Crippen LogP contribution in [0.25, 0.3) is 11.3 Å². The van der Waals surface area contributed by atoms with E-state index in [1.807, 2.05) is 6.26 Å². The lowest BCUT2D eigenvalue weighted by molar-refractivity contribution is 0.180. The van der Waals surface area contributed by atoms with Crippen LogP contribution in [0.2, 0.25) is 0 Å². The van der Waals surface area contributed by atoms with E-state index in [1.165, 1.54) is 55.5 Å². The second-order valence-corrected chi connectivity index (χ2v) is 7.42. The SMILES string of the molecule is CCCN(CCC)C1CCc2cccc(-c3cc(SC)on3)c2C1. The summed E-state index contributed by atoms with van der Waals surface area (Å²) in [5.41, 5.74) is 5.21. The second-order valence-electron chi connectivity index (χ2n) is 6.61. The lowest BCUT2D eigenvalue weighted by Crippen LogP contribution is -2.40. The molecule has 0 fully saturated rings. The second kappa shape index (κ2) is 8.21. The molecule has 1 aromatic heterocycles. The molecule has 3 rings (SSSR count). The summed E-state index contributed by atoms with van der Waals surface area (Å²) in [4.78, 5) is 2.69. The third-order valence-electron chi connectivity index (χ3n) is 4.96. The van der Waals surface area contributed by atoms with Crippen LogP contribution in [-0.2, 0) is 12.8 Å². The molecular weight excluding hydrogens is 316 g/mol. The number of hydrogen-bond acceptors (Lipinski definition) is 4. The first-order chi connectivity index (χ1) is 11.8. The van der Waals surface area contributed by atoms with E-state index >= 15 is 0 Å². The van der Waals surface area contributed by atoms with Gasteiger partial charge in [0.25, 0.3) is 0 Å². The maximum absolute atomic E-state index is 5.41. The Balaban J connectivity index is 1.89. The molecule has 0 spiro atoms. The molecule has 4 heteroatoms. The highest BCUT2D eigenvalue weighted by Crippen LogP contribution is 2.34. The number of thioether (sulfide) groups is 1. The Hall–Kier alpha value is -1.26. The largest absolute Gasteiger partial charge is 0.349 e. The molecule has 0 bridgehead atoms. The van der Waals surface area contributed by atoms with Gasteiger partial charge in [0.2, 0.25) is 0 Å². The van der Waals surface area contributed by atoms with Crippen LogP contribution in [-0.4, -0.2) is 35.4 Å². The minimum Gasteiger partial charge on any atom is -0.349 e. The Kier molecular flexibility index (Phi) is 6.01. The zero-order valence-corrected chi connectivity index (χ0v) is 15.9. The number of fused-ring (bicyclic) bond motifs is 1. The van der Waals surface area contributed by atoms with E-state index in [0.717, 1.165) is 17.2 Å². The molecular formula is C20H28N2OS. The third kappa shape index (κ3) is 3.70. The van der Waals surface area contributed by atoms with Crippen LogP contribution in [0, 0.1) is 0 Å². The molecule has 0 N–H and O–H groups in total. The molecule has 1 atom stereocenters. The maximum Gasteiger partial charge on any atom is 0.193 e. The summed E-state index contributed by atoms with van der Waals surface area (Å²) in [5.74, 6) is 0. The summed E-state index contributed by atoms with van der Waals surface area (Å²) in [6, 6.07) is 9.38. The molecule has 1 heterocycles. The van der Waals surface area contributed by atoms with Gasteiger partial charge in [-0.05, 0) is 62.6 Å². The highest BCUT2D eigenvalue weighted by molar-refractivity contribution is 7.98. The molecule has 130 valence electrons. The fourth-order valence-electron chi connectivity index (χ4n) is 3.85. The van der Waals surface area contributed by atoms with Gasteiger partial charge < -0.3 is 9.42 Å². The summed E-state index contributed by atoms with van der Waals surface area (Å²) in [6.07, 6.45) is 8.05. The predicted octanol–water partition coefficient (Wildman–Crippen LogP) is 5.04. The van der Waals surface area contributed by atoms with Gasteiger partial charge in [0, 0.05) is 17.7 Å². The van der Waals surface area contributed by atoms with Crippen molar-refractivity contribution >= 4 is 11.8 Å².